The predicted molar refractivity (Wildman–Crippen MR) is 87.8 cm³/mol. The molecule has 0 aliphatic carbocycles. The van der Waals surface area contributed by atoms with Crippen LogP contribution >= 0.6 is 12.4 Å². The van der Waals surface area contributed by atoms with Crippen LogP contribution in [0.1, 0.15) is 38.7 Å². The lowest BCUT2D eigenvalue weighted by Crippen LogP contribution is -2.47. The molecule has 2 unspecified atom stereocenters. The summed E-state index contributed by atoms with van der Waals surface area (Å²) in [5.41, 5.74) is -0.341. The molecule has 0 aromatic heterocycles. The van der Waals surface area contributed by atoms with E-state index in [0.29, 0.717) is 17.6 Å². The number of likely N-dealkylation sites (tertiary alicyclic amines) is 1. The van der Waals surface area contributed by atoms with Crippen molar-refractivity contribution in [1.82, 2.24) is 10.2 Å². The van der Waals surface area contributed by atoms with Crippen LogP contribution in [-0.4, -0.2) is 36.0 Å². The molecule has 122 valence electrons. The largest absolute Gasteiger partial charge is 0.340 e. The smallest absolute Gasteiger partial charge is 0.232 e. The zero-order chi connectivity index (χ0) is 15.0. The fourth-order valence-corrected chi connectivity index (χ4v) is 3.61. The van der Waals surface area contributed by atoms with Gasteiger partial charge in [-0.05, 0) is 39.2 Å². The van der Waals surface area contributed by atoms with Crippen LogP contribution in [0.15, 0.2) is 24.3 Å². The highest BCUT2D eigenvalue weighted by Crippen LogP contribution is 2.30. The summed E-state index contributed by atoms with van der Waals surface area (Å²) in [5, 5.41) is 3.57. The van der Waals surface area contributed by atoms with Gasteiger partial charge in [0.1, 0.15) is 5.82 Å². The molecule has 1 aromatic rings. The minimum atomic E-state index is -0.824. The van der Waals surface area contributed by atoms with Crippen LogP contribution in [-0.2, 0) is 10.2 Å². The summed E-state index contributed by atoms with van der Waals surface area (Å²) in [4.78, 5) is 14.9. The molecule has 3 rings (SSSR count). The summed E-state index contributed by atoms with van der Waals surface area (Å²) in [6.07, 6.45) is 3.34. The first-order valence-electron chi connectivity index (χ1n) is 7.79. The molecule has 22 heavy (non-hydrogen) atoms. The number of carbonyl (C=O) groups is 1. The lowest BCUT2D eigenvalue weighted by Gasteiger charge is -2.33. The fraction of sp³-hybridized carbons (Fsp3) is 0.588. The average molecular weight is 327 g/mol. The van der Waals surface area contributed by atoms with E-state index in [4.69, 9.17) is 0 Å². The number of hydrogen-bond donors (Lipinski definition) is 1. The number of rotatable bonds is 2. The van der Waals surface area contributed by atoms with Gasteiger partial charge < -0.3 is 10.2 Å². The van der Waals surface area contributed by atoms with E-state index in [1.165, 1.54) is 12.5 Å². The number of hydrogen-bond acceptors (Lipinski definition) is 2. The number of amides is 1. The monoisotopic (exact) mass is 326 g/mol. The maximum atomic E-state index is 14.1. The number of nitrogens with zero attached hydrogens (tertiary/aromatic N) is 1. The van der Waals surface area contributed by atoms with Crippen LogP contribution in [0, 0.1) is 5.82 Å². The molecule has 2 heterocycles. The van der Waals surface area contributed by atoms with E-state index < -0.39 is 5.41 Å². The van der Waals surface area contributed by atoms with Crippen molar-refractivity contribution in [2.24, 2.45) is 0 Å². The Labute approximate surface area is 137 Å². The van der Waals surface area contributed by atoms with E-state index in [9.17, 15) is 9.18 Å². The van der Waals surface area contributed by atoms with Crippen LogP contribution in [0.25, 0.3) is 0 Å². The highest BCUT2D eigenvalue weighted by atomic mass is 35.5. The van der Waals surface area contributed by atoms with Crippen molar-refractivity contribution in [3.8, 4) is 0 Å². The van der Waals surface area contributed by atoms with Gasteiger partial charge in [0, 0.05) is 30.7 Å². The van der Waals surface area contributed by atoms with Gasteiger partial charge in [-0.3, -0.25) is 4.79 Å². The third-order valence-electron chi connectivity index (χ3n) is 4.89. The van der Waals surface area contributed by atoms with Gasteiger partial charge in [0.2, 0.25) is 5.91 Å². The highest BCUT2D eigenvalue weighted by molar-refractivity contribution is 5.87. The van der Waals surface area contributed by atoms with E-state index in [1.54, 1.807) is 18.2 Å². The van der Waals surface area contributed by atoms with Crippen molar-refractivity contribution >= 4 is 18.3 Å². The van der Waals surface area contributed by atoms with Gasteiger partial charge in [0.15, 0.2) is 0 Å². The first-order chi connectivity index (χ1) is 9.98. The van der Waals surface area contributed by atoms with Gasteiger partial charge in [0.05, 0.1) is 5.41 Å². The second kappa shape index (κ2) is 6.55. The van der Waals surface area contributed by atoms with Gasteiger partial charge in [-0.1, -0.05) is 18.2 Å². The second-order valence-electron chi connectivity index (χ2n) is 6.78. The number of fused-ring (bicyclic) bond motifs is 2. The van der Waals surface area contributed by atoms with Crippen LogP contribution in [0.2, 0.25) is 0 Å². The maximum Gasteiger partial charge on any atom is 0.232 e. The van der Waals surface area contributed by atoms with Crippen LogP contribution in [0.4, 0.5) is 4.39 Å². The van der Waals surface area contributed by atoms with Crippen LogP contribution < -0.4 is 5.32 Å². The molecule has 1 N–H and O–H groups in total. The predicted octanol–water partition coefficient (Wildman–Crippen LogP) is 2.88. The number of carbonyl (C=O) groups excluding carboxylic acids is 1. The van der Waals surface area contributed by atoms with Crippen molar-refractivity contribution in [3.63, 3.8) is 0 Å². The molecule has 0 radical (unpaired) electrons. The molecule has 3 nitrogen and oxygen atoms in total. The quantitative estimate of drug-likeness (QED) is 0.906. The first kappa shape index (κ1) is 17.2. The Morgan fingerprint density at radius 3 is 2.64 bits per heavy atom. The average Bonchev–Trinajstić information content (AvgIpc) is 2.78. The van der Waals surface area contributed by atoms with Crippen molar-refractivity contribution in [3.05, 3.63) is 35.6 Å². The normalized spacial score (nSPS) is 24.6. The summed E-state index contributed by atoms with van der Waals surface area (Å²) in [6, 6.07) is 7.54. The summed E-state index contributed by atoms with van der Waals surface area (Å²) in [6.45, 7) is 5.16. The molecule has 1 amide bonds. The van der Waals surface area contributed by atoms with E-state index >= 15 is 0 Å². The van der Waals surface area contributed by atoms with Crippen molar-refractivity contribution in [1.29, 1.82) is 0 Å². The van der Waals surface area contributed by atoms with Crippen molar-refractivity contribution < 1.29 is 9.18 Å². The maximum absolute atomic E-state index is 14.1. The Kier molecular flexibility index (Phi) is 5.13. The summed E-state index contributed by atoms with van der Waals surface area (Å²) in [5.74, 6) is -0.271. The summed E-state index contributed by atoms with van der Waals surface area (Å²) in [7, 11) is 0. The minimum Gasteiger partial charge on any atom is -0.340 e. The number of halogens is 2. The zero-order valence-electron chi connectivity index (χ0n) is 13.1. The van der Waals surface area contributed by atoms with Crippen LogP contribution in [0.3, 0.4) is 0 Å². The molecule has 2 aliphatic heterocycles. The van der Waals surface area contributed by atoms with Crippen molar-refractivity contribution in [2.45, 2.75) is 50.6 Å². The zero-order valence-corrected chi connectivity index (χ0v) is 14.0. The third kappa shape index (κ3) is 3.13. The Bertz CT molecular complexity index is 549. The van der Waals surface area contributed by atoms with Crippen LogP contribution in [0.5, 0.6) is 0 Å². The topological polar surface area (TPSA) is 32.3 Å². The van der Waals surface area contributed by atoms with E-state index in [0.717, 1.165) is 25.9 Å². The van der Waals surface area contributed by atoms with Gasteiger partial charge in [-0.15, -0.1) is 12.4 Å². The fourth-order valence-electron chi connectivity index (χ4n) is 3.61. The molecular formula is C17H24ClFN2O. The van der Waals surface area contributed by atoms with Crippen molar-refractivity contribution in [2.75, 3.05) is 13.1 Å². The van der Waals surface area contributed by atoms with Gasteiger partial charge in [-0.25, -0.2) is 4.39 Å². The molecule has 0 saturated carbocycles. The first-order valence-corrected chi connectivity index (χ1v) is 7.79. The molecule has 2 bridgehead atoms. The Morgan fingerprint density at radius 2 is 1.91 bits per heavy atom. The minimum absolute atomic E-state index is 0. The number of nitrogens with one attached hydrogen (secondary N) is 1. The Morgan fingerprint density at radius 1 is 1.23 bits per heavy atom. The van der Waals surface area contributed by atoms with E-state index in [2.05, 4.69) is 5.32 Å². The molecule has 5 heteroatoms. The summed E-state index contributed by atoms with van der Waals surface area (Å²) >= 11 is 0. The summed E-state index contributed by atoms with van der Waals surface area (Å²) < 4.78 is 14.1. The molecule has 1 aromatic carbocycles. The lowest BCUT2D eigenvalue weighted by atomic mass is 9.82. The molecule has 0 spiro atoms. The highest BCUT2D eigenvalue weighted by Gasteiger charge is 2.39. The Balaban J connectivity index is 0.00000176. The number of benzene rings is 1. The molecule has 2 fully saturated rings. The second-order valence-corrected chi connectivity index (χ2v) is 6.78. The van der Waals surface area contributed by atoms with Gasteiger partial charge in [0.25, 0.3) is 0 Å². The molecule has 2 saturated heterocycles. The Hall–Kier alpha value is -1.13. The standard InChI is InChI=1S/C17H23FN2O.ClH/c1-17(2,14-5-3-4-6-15(14)18)16(21)20-10-9-12-7-8-13(11-20)19-12;/h3-6,12-13,19H,7-11H2,1-2H3;1H. The third-order valence-corrected chi connectivity index (χ3v) is 4.89. The lowest BCUT2D eigenvalue weighted by molar-refractivity contribution is -0.136. The molecule has 2 aliphatic rings. The van der Waals surface area contributed by atoms with Gasteiger partial charge in [-0.2, -0.15) is 0 Å². The van der Waals surface area contributed by atoms with E-state index in [-0.39, 0.29) is 24.1 Å². The SMILES string of the molecule is CC(C)(C(=O)N1CCC2CCC(C1)N2)c1ccccc1F.Cl. The van der Waals surface area contributed by atoms with E-state index in [1.807, 2.05) is 18.7 Å². The van der Waals surface area contributed by atoms with Gasteiger partial charge >= 0.3 is 0 Å². The molecular weight excluding hydrogens is 303 g/mol. The molecule has 2 atom stereocenters.